The quantitative estimate of drug-likeness (QED) is 0.838. The fourth-order valence-electron chi connectivity index (χ4n) is 2.32. The third kappa shape index (κ3) is 2.22. The van der Waals surface area contributed by atoms with Gasteiger partial charge in [0.15, 0.2) is 0 Å². The average Bonchev–Trinajstić information content (AvgIpc) is 3.23. The van der Waals surface area contributed by atoms with E-state index in [4.69, 9.17) is 0 Å². The van der Waals surface area contributed by atoms with E-state index in [-0.39, 0.29) is 11.9 Å². The van der Waals surface area contributed by atoms with Crippen molar-refractivity contribution in [1.29, 1.82) is 0 Å². The summed E-state index contributed by atoms with van der Waals surface area (Å²) in [5, 5.41) is 3.28. The second-order valence-corrected chi connectivity index (χ2v) is 5.13. The van der Waals surface area contributed by atoms with Gasteiger partial charge in [-0.2, -0.15) is 0 Å². The number of amides is 1. The van der Waals surface area contributed by atoms with Crippen LogP contribution in [0.2, 0.25) is 0 Å². The Morgan fingerprint density at radius 2 is 2.33 bits per heavy atom. The molecule has 2 aliphatic rings. The fraction of sp³-hybridized carbons (Fsp3) is 0.615. The minimum atomic E-state index is 0.0355. The number of nitrogens with one attached hydrogen (secondary N) is 1. The summed E-state index contributed by atoms with van der Waals surface area (Å²) < 4.78 is 0. The Hall–Kier alpha value is -1.49. The predicted molar refractivity (Wildman–Crippen MR) is 67.4 cm³/mol. The third-order valence-electron chi connectivity index (χ3n) is 3.60. The summed E-state index contributed by atoms with van der Waals surface area (Å²) in [5.41, 5.74) is 0.542. The van der Waals surface area contributed by atoms with E-state index in [1.165, 1.54) is 0 Å². The average molecular weight is 246 g/mol. The van der Waals surface area contributed by atoms with Crippen LogP contribution in [0.4, 0.5) is 0 Å². The van der Waals surface area contributed by atoms with Gasteiger partial charge in [-0.1, -0.05) is 0 Å². The number of carbonyl (C=O) groups excluding carboxylic acids is 1. The van der Waals surface area contributed by atoms with Crippen LogP contribution in [-0.4, -0.2) is 46.5 Å². The van der Waals surface area contributed by atoms with Crippen molar-refractivity contribution >= 4 is 5.91 Å². The summed E-state index contributed by atoms with van der Waals surface area (Å²) in [5.74, 6) is 1.36. The van der Waals surface area contributed by atoms with E-state index >= 15 is 0 Å². The summed E-state index contributed by atoms with van der Waals surface area (Å²) in [6.45, 7) is 4.53. The maximum Gasteiger partial charge on any atom is 0.272 e. The monoisotopic (exact) mass is 246 g/mol. The Labute approximate surface area is 107 Å². The highest BCUT2D eigenvalue weighted by Crippen LogP contribution is 2.37. The van der Waals surface area contributed by atoms with E-state index in [9.17, 15) is 4.79 Å². The zero-order chi connectivity index (χ0) is 12.5. The Balaban J connectivity index is 1.80. The molecule has 3 rings (SSSR count). The number of carbonyl (C=O) groups is 1. The molecule has 5 nitrogen and oxygen atoms in total. The van der Waals surface area contributed by atoms with Crippen LogP contribution >= 0.6 is 0 Å². The highest BCUT2D eigenvalue weighted by molar-refractivity contribution is 5.92. The molecule has 1 aliphatic heterocycles. The molecule has 0 radical (unpaired) electrons. The van der Waals surface area contributed by atoms with Crippen molar-refractivity contribution in [3.8, 4) is 0 Å². The second kappa shape index (κ2) is 4.65. The smallest absolute Gasteiger partial charge is 0.272 e. The van der Waals surface area contributed by atoms with Crippen LogP contribution < -0.4 is 5.32 Å². The number of aromatic nitrogens is 2. The topological polar surface area (TPSA) is 58.1 Å². The first-order valence-electron chi connectivity index (χ1n) is 6.60. The van der Waals surface area contributed by atoms with Crippen molar-refractivity contribution in [3.05, 3.63) is 23.8 Å². The van der Waals surface area contributed by atoms with E-state index < -0.39 is 0 Å². The first kappa shape index (κ1) is 11.6. The van der Waals surface area contributed by atoms with E-state index in [0.29, 0.717) is 11.6 Å². The molecular weight excluding hydrogens is 228 g/mol. The molecule has 1 aromatic rings. The summed E-state index contributed by atoms with van der Waals surface area (Å²) in [7, 11) is 0. The lowest BCUT2D eigenvalue weighted by Gasteiger charge is -2.33. The summed E-state index contributed by atoms with van der Waals surface area (Å²) in [6.07, 6.45) is 4.02. The zero-order valence-electron chi connectivity index (χ0n) is 10.6. The Bertz CT molecular complexity index is 458. The van der Waals surface area contributed by atoms with Crippen LogP contribution in [-0.2, 0) is 0 Å². The third-order valence-corrected chi connectivity index (χ3v) is 3.60. The van der Waals surface area contributed by atoms with Gasteiger partial charge in [0, 0.05) is 37.8 Å². The van der Waals surface area contributed by atoms with Gasteiger partial charge in [0.1, 0.15) is 11.5 Å². The van der Waals surface area contributed by atoms with Gasteiger partial charge in [0.05, 0.1) is 0 Å². The molecule has 0 spiro atoms. The lowest BCUT2D eigenvalue weighted by atomic mass is 10.2. The molecule has 2 fully saturated rings. The SMILES string of the molecule is C[C@@H]1CNCCN1C(=O)c1ccnc(C2CC2)n1. The van der Waals surface area contributed by atoms with Crippen molar-refractivity contribution < 1.29 is 4.79 Å². The van der Waals surface area contributed by atoms with Gasteiger partial charge in [-0.3, -0.25) is 4.79 Å². The lowest BCUT2D eigenvalue weighted by molar-refractivity contribution is 0.0649. The molecule has 2 heterocycles. The Kier molecular flexibility index (Phi) is 2.99. The van der Waals surface area contributed by atoms with Gasteiger partial charge in [-0.25, -0.2) is 9.97 Å². The molecule has 96 valence electrons. The fourth-order valence-corrected chi connectivity index (χ4v) is 2.32. The first-order chi connectivity index (χ1) is 8.75. The molecule has 0 aromatic carbocycles. The molecular formula is C13H18N4O. The van der Waals surface area contributed by atoms with Crippen LogP contribution in [0.1, 0.15) is 42.0 Å². The van der Waals surface area contributed by atoms with Gasteiger partial charge >= 0.3 is 0 Å². The maximum absolute atomic E-state index is 12.4. The minimum Gasteiger partial charge on any atom is -0.332 e. The molecule has 1 amide bonds. The molecule has 1 saturated carbocycles. The standard InChI is InChI=1S/C13H18N4O/c1-9-8-14-6-7-17(9)13(18)11-4-5-15-12(16-11)10-2-3-10/h4-5,9-10,14H,2-3,6-8H2,1H3/t9-/m1/s1. The van der Waals surface area contributed by atoms with E-state index in [1.807, 2.05) is 4.90 Å². The van der Waals surface area contributed by atoms with Crippen molar-refractivity contribution in [2.75, 3.05) is 19.6 Å². The van der Waals surface area contributed by atoms with Gasteiger partial charge in [0.25, 0.3) is 5.91 Å². The van der Waals surface area contributed by atoms with E-state index in [2.05, 4.69) is 22.2 Å². The van der Waals surface area contributed by atoms with Crippen LogP contribution in [0, 0.1) is 0 Å². The zero-order valence-corrected chi connectivity index (χ0v) is 10.6. The highest BCUT2D eigenvalue weighted by atomic mass is 16.2. The van der Waals surface area contributed by atoms with Crippen molar-refractivity contribution in [2.24, 2.45) is 0 Å². The molecule has 0 bridgehead atoms. The molecule has 1 saturated heterocycles. The Morgan fingerprint density at radius 1 is 1.50 bits per heavy atom. The number of nitrogens with zero attached hydrogens (tertiary/aromatic N) is 3. The van der Waals surface area contributed by atoms with Crippen molar-refractivity contribution in [2.45, 2.75) is 31.7 Å². The lowest BCUT2D eigenvalue weighted by Crippen LogP contribution is -2.52. The molecule has 18 heavy (non-hydrogen) atoms. The summed E-state index contributed by atoms with van der Waals surface area (Å²) in [4.78, 5) is 23.0. The van der Waals surface area contributed by atoms with Crippen LogP contribution in [0.25, 0.3) is 0 Å². The predicted octanol–water partition coefficient (Wildman–Crippen LogP) is 0.788. The van der Waals surface area contributed by atoms with Gasteiger partial charge < -0.3 is 10.2 Å². The Morgan fingerprint density at radius 3 is 3.06 bits per heavy atom. The number of hydrogen-bond acceptors (Lipinski definition) is 4. The normalized spacial score (nSPS) is 24.1. The molecule has 1 N–H and O–H groups in total. The van der Waals surface area contributed by atoms with Gasteiger partial charge in [-0.15, -0.1) is 0 Å². The number of piperazine rings is 1. The number of rotatable bonds is 2. The molecule has 1 aliphatic carbocycles. The van der Waals surface area contributed by atoms with E-state index in [0.717, 1.165) is 38.3 Å². The van der Waals surface area contributed by atoms with Gasteiger partial charge in [0.2, 0.25) is 0 Å². The van der Waals surface area contributed by atoms with Crippen LogP contribution in [0.5, 0.6) is 0 Å². The minimum absolute atomic E-state index is 0.0355. The molecule has 1 aromatic heterocycles. The first-order valence-corrected chi connectivity index (χ1v) is 6.60. The van der Waals surface area contributed by atoms with Crippen LogP contribution in [0.3, 0.4) is 0 Å². The van der Waals surface area contributed by atoms with Crippen LogP contribution in [0.15, 0.2) is 12.3 Å². The van der Waals surface area contributed by atoms with E-state index in [1.54, 1.807) is 12.3 Å². The largest absolute Gasteiger partial charge is 0.332 e. The highest BCUT2D eigenvalue weighted by Gasteiger charge is 2.29. The van der Waals surface area contributed by atoms with Crippen molar-refractivity contribution in [3.63, 3.8) is 0 Å². The molecule has 0 unspecified atom stereocenters. The van der Waals surface area contributed by atoms with Crippen molar-refractivity contribution in [1.82, 2.24) is 20.2 Å². The molecule has 1 atom stereocenters. The maximum atomic E-state index is 12.4. The summed E-state index contributed by atoms with van der Waals surface area (Å²) in [6, 6.07) is 1.95. The second-order valence-electron chi connectivity index (χ2n) is 5.13. The molecule has 5 heteroatoms. The van der Waals surface area contributed by atoms with Gasteiger partial charge in [-0.05, 0) is 25.8 Å². The summed E-state index contributed by atoms with van der Waals surface area (Å²) >= 11 is 0. The number of hydrogen-bond donors (Lipinski definition) is 1.